The number of benzene rings is 2. The van der Waals surface area contributed by atoms with E-state index in [4.69, 9.17) is 5.73 Å². The van der Waals surface area contributed by atoms with Crippen LogP contribution in [-0.4, -0.2) is 22.7 Å². The Kier molecular flexibility index (Phi) is 5.21. The molecule has 1 heterocycles. The zero-order valence-electron chi connectivity index (χ0n) is 14.8. The van der Waals surface area contributed by atoms with Gasteiger partial charge >= 0.3 is 6.03 Å². The van der Waals surface area contributed by atoms with Crippen molar-refractivity contribution in [2.45, 2.75) is 19.4 Å². The number of urea groups is 1. The number of carbonyl (C=O) groups excluding carboxylic acids is 3. The summed E-state index contributed by atoms with van der Waals surface area (Å²) in [4.78, 5) is 37.1. The monoisotopic (exact) mass is 364 g/mol. The highest BCUT2D eigenvalue weighted by Crippen LogP contribution is 2.33. The number of rotatable bonds is 4. The number of nitrogens with one attached hydrogen (secondary N) is 2. The lowest BCUT2D eigenvalue weighted by molar-refractivity contribution is -0.129. The first-order valence-corrected chi connectivity index (χ1v) is 8.46. The van der Waals surface area contributed by atoms with Crippen molar-refractivity contribution in [1.82, 2.24) is 4.90 Å². The molecule has 1 aliphatic heterocycles. The largest absolute Gasteiger partial charge is 0.351 e. The molecule has 0 fully saturated rings. The second-order valence-electron chi connectivity index (χ2n) is 6.21. The third-order valence-corrected chi connectivity index (χ3v) is 4.26. The Balaban J connectivity index is 1.77. The van der Waals surface area contributed by atoms with Crippen LogP contribution < -0.4 is 16.4 Å². The van der Waals surface area contributed by atoms with Gasteiger partial charge in [0.15, 0.2) is 0 Å². The summed E-state index contributed by atoms with van der Waals surface area (Å²) in [5.41, 5.74) is 8.03. The number of nitrogens with zero attached hydrogens (tertiary/aromatic N) is 1. The zero-order valence-corrected chi connectivity index (χ0v) is 14.8. The number of hydrogen-bond acceptors (Lipinski definition) is 3. The Hall–Kier alpha value is -3.61. The highest BCUT2D eigenvalue weighted by Gasteiger charge is 2.28. The molecular formula is C20H20N4O3. The summed E-state index contributed by atoms with van der Waals surface area (Å²) in [5.74, 6) is -0.376. The van der Waals surface area contributed by atoms with E-state index < -0.39 is 6.03 Å². The van der Waals surface area contributed by atoms with Crippen molar-refractivity contribution in [2.75, 3.05) is 10.6 Å². The fraction of sp³-hybridized carbons (Fsp3) is 0.150. The standard InChI is InChI=1S/C20H20N4O3/c1-13(25)24-10-9-14-5-2-3-8-17(14)18(24)12-19(26)22-15-6-4-7-16(11-15)23-20(21)27/h2-11,18H,12H2,1H3,(H,22,26)(H3,21,23,27)/t18-/m0/s1. The molecule has 0 aliphatic carbocycles. The number of primary amides is 1. The average molecular weight is 364 g/mol. The molecule has 138 valence electrons. The van der Waals surface area contributed by atoms with E-state index >= 15 is 0 Å². The zero-order chi connectivity index (χ0) is 19.4. The van der Waals surface area contributed by atoms with Crippen LogP contribution in [0.3, 0.4) is 0 Å². The third kappa shape index (κ3) is 4.33. The number of hydrogen-bond donors (Lipinski definition) is 3. The molecule has 0 bridgehead atoms. The van der Waals surface area contributed by atoms with E-state index in [-0.39, 0.29) is 24.3 Å². The lowest BCUT2D eigenvalue weighted by Gasteiger charge is -2.32. The summed E-state index contributed by atoms with van der Waals surface area (Å²) < 4.78 is 0. The fourth-order valence-electron chi connectivity index (χ4n) is 3.12. The van der Waals surface area contributed by atoms with Crippen LogP contribution in [0, 0.1) is 0 Å². The molecule has 27 heavy (non-hydrogen) atoms. The van der Waals surface area contributed by atoms with Gasteiger partial charge in [-0.1, -0.05) is 30.3 Å². The SMILES string of the molecule is CC(=O)N1C=Cc2ccccc2[C@@H]1CC(=O)Nc1cccc(NC(N)=O)c1. The maximum atomic E-state index is 12.6. The average Bonchev–Trinajstić information content (AvgIpc) is 2.61. The van der Waals surface area contributed by atoms with Gasteiger partial charge in [-0.05, 0) is 35.4 Å². The number of anilines is 2. The molecular weight excluding hydrogens is 344 g/mol. The van der Waals surface area contributed by atoms with E-state index in [1.54, 1.807) is 35.4 Å². The van der Waals surface area contributed by atoms with Gasteiger partial charge in [0, 0.05) is 24.5 Å². The van der Waals surface area contributed by atoms with Crippen LogP contribution in [0.5, 0.6) is 0 Å². The van der Waals surface area contributed by atoms with E-state index in [9.17, 15) is 14.4 Å². The molecule has 4 amide bonds. The molecule has 0 radical (unpaired) electrons. The molecule has 4 N–H and O–H groups in total. The minimum Gasteiger partial charge on any atom is -0.351 e. The van der Waals surface area contributed by atoms with E-state index in [0.717, 1.165) is 11.1 Å². The Morgan fingerprint density at radius 1 is 1.04 bits per heavy atom. The Morgan fingerprint density at radius 3 is 2.44 bits per heavy atom. The predicted molar refractivity (Wildman–Crippen MR) is 104 cm³/mol. The van der Waals surface area contributed by atoms with Crippen LogP contribution >= 0.6 is 0 Å². The highest BCUT2D eigenvalue weighted by molar-refractivity contribution is 5.94. The molecule has 0 saturated carbocycles. The van der Waals surface area contributed by atoms with Crippen molar-refractivity contribution in [2.24, 2.45) is 5.73 Å². The van der Waals surface area contributed by atoms with Crippen LogP contribution in [0.4, 0.5) is 16.2 Å². The normalized spacial score (nSPS) is 15.0. The molecule has 0 unspecified atom stereocenters. The van der Waals surface area contributed by atoms with E-state index in [1.165, 1.54) is 6.92 Å². The van der Waals surface area contributed by atoms with E-state index in [0.29, 0.717) is 11.4 Å². The number of amides is 4. The molecule has 2 aromatic carbocycles. The van der Waals surface area contributed by atoms with Crippen LogP contribution in [0.2, 0.25) is 0 Å². The summed E-state index contributed by atoms with van der Waals surface area (Å²) in [5, 5.41) is 5.26. The fourth-order valence-corrected chi connectivity index (χ4v) is 3.12. The number of fused-ring (bicyclic) bond motifs is 1. The molecule has 2 aromatic rings. The molecule has 1 aliphatic rings. The first kappa shape index (κ1) is 18.2. The molecule has 0 aromatic heterocycles. The summed E-state index contributed by atoms with van der Waals surface area (Å²) in [7, 11) is 0. The minimum absolute atomic E-state index is 0.106. The quantitative estimate of drug-likeness (QED) is 0.776. The summed E-state index contributed by atoms with van der Waals surface area (Å²) >= 11 is 0. The van der Waals surface area contributed by atoms with Crippen molar-refractivity contribution < 1.29 is 14.4 Å². The van der Waals surface area contributed by atoms with Crippen molar-refractivity contribution in [3.8, 4) is 0 Å². The van der Waals surface area contributed by atoms with E-state index in [2.05, 4.69) is 10.6 Å². The summed E-state index contributed by atoms with van der Waals surface area (Å²) in [6, 6.07) is 13.3. The lowest BCUT2D eigenvalue weighted by Crippen LogP contribution is -2.33. The van der Waals surface area contributed by atoms with Gasteiger partial charge in [0.1, 0.15) is 0 Å². The van der Waals surface area contributed by atoms with Crippen molar-refractivity contribution in [3.63, 3.8) is 0 Å². The van der Waals surface area contributed by atoms with Gasteiger partial charge in [-0.25, -0.2) is 4.79 Å². The lowest BCUT2D eigenvalue weighted by atomic mass is 9.93. The molecule has 0 spiro atoms. The second kappa shape index (κ2) is 7.74. The maximum Gasteiger partial charge on any atom is 0.316 e. The van der Waals surface area contributed by atoms with Gasteiger partial charge < -0.3 is 21.3 Å². The van der Waals surface area contributed by atoms with E-state index in [1.807, 2.05) is 30.3 Å². The Labute approximate surface area is 156 Å². The molecule has 0 saturated heterocycles. The Bertz CT molecular complexity index is 923. The summed E-state index contributed by atoms with van der Waals surface area (Å²) in [6.07, 6.45) is 3.68. The van der Waals surface area contributed by atoms with Gasteiger partial charge in [0.25, 0.3) is 0 Å². The second-order valence-corrected chi connectivity index (χ2v) is 6.21. The van der Waals surface area contributed by atoms with Crippen LogP contribution in [0.25, 0.3) is 6.08 Å². The molecule has 7 nitrogen and oxygen atoms in total. The smallest absolute Gasteiger partial charge is 0.316 e. The van der Waals surface area contributed by atoms with Gasteiger partial charge in [0.2, 0.25) is 11.8 Å². The van der Waals surface area contributed by atoms with Crippen molar-refractivity contribution in [1.29, 1.82) is 0 Å². The predicted octanol–water partition coefficient (Wildman–Crippen LogP) is 3.08. The van der Waals surface area contributed by atoms with Crippen molar-refractivity contribution >= 4 is 35.3 Å². The van der Waals surface area contributed by atoms with Crippen LogP contribution in [0.15, 0.2) is 54.7 Å². The van der Waals surface area contributed by atoms with Crippen molar-refractivity contribution in [3.05, 3.63) is 65.9 Å². The number of nitrogens with two attached hydrogens (primary N) is 1. The molecule has 1 atom stereocenters. The Morgan fingerprint density at radius 2 is 1.74 bits per heavy atom. The van der Waals surface area contributed by atoms with Gasteiger partial charge in [-0.3, -0.25) is 9.59 Å². The first-order chi connectivity index (χ1) is 12.9. The van der Waals surface area contributed by atoms with Gasteiger partial charge in [-0.15, -0.1) is 0 Å². The molecule has 3 rings (SSSR count). The van der Waals surface area contributed by atoms with Crippen LogP contribution in [0.1, 0.15) is 30.5 Å². The topological polar surface area (TPSA) is 105 Å². The van der Waals surface area contributed by atoms with Crippen LogP contribution in [-0.2, 0) is 9.59 Å². The maximum absolute atomic E-state index is 12.6. The number of carbonyl (C=O) groups is 3. The molecule has 7 heteroatoms. The summed E-state index contributed by atoms with van der Waals surface area (Å²) in [6.45, 7) is 1.47. The van der Waals surface area contributed by atoms with Gasteiger partial charge in [0.05, 0.1) is 12.5 Å². The third-order valence-electron chi connectivity index (χ3n) is 4.26. The first-order valence-electron chi connectivity index (χ1n) is 8.46. The minimum atomic E-state index is -0.679. The highest BCUT2D eigenvalue weighted by atomic mass is 16.2. The van der Waals surface area contributed by atoms with Gasteiger partial charge in [-0.2, -0.15) is 0 Å².